The van der Waals surface area contributed by atoms with Crippen LogP contribution in [0.4, 0.5) is 0 Å². The van der Waals surface area contributed by atoms with Gasteiger partial charge in [-0.3, -0.25) is 0 Å². The van der Waals surface area contributed by atoms with Crippen molar-refractivity contribution in [3.8, 4) is 0 Å². The van der Waals surface area contributed by atoms with E-state index in [1.165, 1.54) is 0 Å². The maximum atomic E-state index is 6.22. The Morgan fingerprint density at radius 2 is 1.72 bits per heavy atom. The van der Waals surface area contributed by atoms with Gasteiger partial charge in [-0.2, -0.15) is 0 Å². The summed E-state index contributed by atoms with van der Waals surface area (Å²) in [7, 11) is 0. The molecule has 0 aliphatic carbocycles. The Balaban J connectivity index is 1.50. The van der Waals surface area contributed by atoms with Gasteiger partial charge >= 0.3 is 0 Å². The Kier molecular flexibility index (Phi) is 4.38. The van der Waals surface area contributed by atoms with Crippen LogP contribution in [-0.4, -0.2) is 48.9 Å². The molecule has 4 rings (SSSR count). The predicted octanol–water partition coefficient (Wildman–Crippen LogP) is 2.60. The zero-order valence-electron chi connectivity index (χ0n) is 15.1. The standard InChI is InChI=1S/C19H26O6/c1-18(2)21-11-13(23-18)14-15(20-10-12-8-6-5-7-9-12)16-17(22-14)25-19(3,4)24-16/h5-9,13-17H,10-11H2,1-4H3. The second kappa shape index (κ2) is 6.30. The number of fused-ring (bicyclic) bond motifs is 1. The minimum Gasteiger partial charge on any atom is -0.368 e. The molecule has 0 saturated carbocycles. The molecule has 1 aromatic carbocycles. The van der Waals surface area contributed by atoms with E-state index in [0.29, 0.717) is 13.2 Å². The van der Waals surface area contributed by atoms with E-state index >= 15 is 0 Å². The van der Waals surface area contributed by atoms with Crippen molar-refractivity contribution >= 4 is 0 Å². The van der Waals surface area contributed by atoms with Gasteiger partial charge in [0.05, 0.1) is 13.2 Å². The van der Waals surface area contributed by atoms with Crippen LogP contribution in [0.15, 0.2) is 30.3 Å². The monoisotopic (exact) mass is 350 g/mol. The maximum absolute atomic E-state index is 6.22. The van der Waals surface area contributed by atoms with Gasteiger partial charge in [-0.1, -0.05) is 30.3 Å². The number of hydrogen-bond acceptors (Lipinski definition) is 6. The quantitative estimate of drug-likeness (QED) is 0.832. The lowest BCUT2D eigenvalue weighted by Crippen LogP contribution is -2.44. The highest BCUT2D eigenvalue weighted by molar-refractivity contribution is 5.13. The largest absolute Gasteiger partial charge is 0.368 e. The van der Waals surface area contributed by atoms with E-state index in [1.807, 2.05) is 58.0 Å². The Morgan fingerprint density at radius 1 is 0.960 bits per heavy atom. The average Bonchev–Trinajstić information content (AvgIpc) is 3.15. The van der Waals surface area contributed by atoms with Crippen molar-refractivity contribution in [2.24, 2.45) is 0 Å². The van der Waals surface area contributed by atoms with Crippen LogP contribution in [0.3, 0.4) is 0 Å². The highest BCUT2D eigenvalue weighted by Crippen LogP contribution is 2.42. The lowest BCUT2D eigenvalue weighted by Gasteiger charge is -2.29. The minimum absolute atomic E-state index is 0.211. The fourth-order valence-corrected chi connectivity index (χ4v) is 3.64. The summed E-state index contributed by atoms with van der Waals surface area (Å²) >= 11 is 0. The lowest BCUT2D eigenvalue weighted by atomic mass is 10.1. The van der Waals surface area contributed by atoms with Crippen LogP contribution in [0.2, 0.25) is 0 Å². The highest BCUT2D eigenvalue weighted by atomic mass is 16.8. The van der Waals surface area contributed by atoms with Crippen LogP contribution in [0.5, 0.6) is 0 Å². The van der Waals surface area contributed by atoms with Crippen LogP contribution in [0, 0.1) is 0 Å². The second-order valence-electron chi connectivity index (χ2n) is 7.70. The molecule has 3 aliphatic rings. The molecule has 0 bridgehead atoms. The topological polar surface area (TPSA) is 55.4 Å². The molecule has 6 nitrogen and oxygen atoms in total. The lowest BCUT2D eigenvalue weighted by molar-refractivity contribution is -0.236. The van der Waals surface area contributed by atoms with Gasteiger partial charge < -0.3 is 28.4 Å². The van der Waals surface area contributed by atoms with Crippen LogP contribution in [0.1, 0.15) is 33.3 Å². The summed E-state index contributed by atoms with van der Waals surface area (Å²) in [6, 6.07) is 10.1. The van der Waals surface area contributed by atoms with Crippen molar-refractivity contribution in [1.82, 2.24) is 0 Å². The van der Waals surface area contributed by atoms with E-state index in [2.05, 4.69) is 0 Å². The zero-order chi connectivity index (χ0) is 17.7. The summed E-state index contributed by atoms with van der Waals surface area (Å²) < 4.78 is 36.0. The number of ether oxygens (including phenoxy) is 6. The summed E-state index contributed by atoms with van der Waals surface area (Å²) in [5.41, 5.74) is 1.10. The van der Waals surface area contributed by atoms with E-state index in [-0.39, 0.29) is 24.4 Å². The average molecular weight is 350 g/mol. The molecule has 0 N–H and O–H groups in total. The first-order valence-corrected chi connectivity index (χ1v) is 8.81. The Morgan fingerprint density at radius 3 is 2.40 bits per heavy atom. The Bertz CT molecular complexity index is 601. The van der Waals surface area contributed by atoms with Gasteiger partial charge in [-0.05, 0) is 33.3 Å². The van der Waals surface area contributed by atoms with Crippen molar-refractivity contribution < 1.29 is 28.4 Å². The van der Waals surface area contributed by atoms with E-state index in [4.69, 9.17) is 28.4 Å². The molecule has 138 valence electrons. The van der Waals surface area contributed by atoms with E-state index in [9.17, 15) is 0 Å². The van der Waals surface area contributed by atoms with Gasteiger partial charge in [0.2, 0.25) is 0 Å². The maximum Gasteiger partial charge on any atom is 0.190 e. The normalized spacial score (nSPS) is 38.8. The smallest absolute Gasteiger partial charge is 0.190 e. The molecular weight excluding hydrogens is 324 g/mol. The summed E-state index contributed by atoms with van der Waals surface area (Å²) in [5, 5.41) is 0. The first-order valence-electron chi connectivity index (χ1n) is 8.81. The number of benzene rings is 1. The third kappa shape index (κ3) is 3.60. The second-order valence-corrected chi connectivity index (χ2v) is 7.70. The van der Waals surface area contributed by atoms with Crippen molar-refractivity contribution in [1.29, 1.82) is 0 Å². The van der Waals surface area contributed by atoms with Crippen LogP contribution >= 0.6 is 0 Å². The molecule has 3 saturated heterocycles. The van der Waals surface area contributed by atoms with Gasteiger partial charge in [0.15, 0.2) is 17.9 Å². The SMILES string of the molecule is CC1(C)OCC(C2OC3OC(C)(C)OC3C2OCc2ccccc2)O1. The van der Waals surface area contributed by atoms with Gasteiger partial charge in [0, 0.05) is 0 Å². The first-order chi connectivity index (χ1) is 11.8. The van der Waals surface area contributed by atoms with Crippen LogP contribution in [-0.2, 0) is 35.0 Å². The van der Waals surface area contributed by atoms with E-state index in [0.717, 1.165) is 5.56 Å². The molecule has 0 aromatic heterocycles. The molecule has 0 spiro atoms. The molecular formula is C19H26O6. The van der Waals surface area contributed by atoms with Crippen molar-refractivity contribution in [3.05, 3.63) is 35.9 Å². The predicted molar refractivity (Wildman–Crippen MR) is 88.6 cm³/mol. The third-order valence-corrected chi connectivity index (χ3v) is 4.71. The van der Waals surface area contributed by atoms with Crippen LogP contribution in [0.25, 0.3) is 0 Å². The van der Waals surface area contributed by atoms with Crippen molar-refractivity contribution in [2.45, 2.75) is 76.6 Å². The molecule has 0 radical (unpaired) electrons. The van der Waals surface area contributed by atoms with Gasteiger partial charge in [-0.25, -0.2) is 0 Å². The summed E-state index contributed by atoms with van der Waals surface area (Å²) in [5.74, 6) is -1.29. The molecule has 1 aromatic rings. The van der Waals surface area contributed by atoms with Crippen molar-refractivity contribution in [2.75, 3.05) is 6.61 Å². The summed E-state index contributed by atoms with van der Waals surface area (Å²) in [6.45, 7) is 8.52. The first kappa shape index (κ1) is 17.4. The Hall–Kier alpha value is -1.02. The minimum atomic E-state index is -0.680. The van der Waals surface area contributed by atoms with Gasteiger partial charge in [-0.15, -0.1) is 0 Å². The summed E-state index contributed by atoms with van der Waals surface area (Å²) in [4.78, 5) is 0. The molecule has 0 amide bonds. The zero-order valence-corrected chi connectivity index (χ0v) is 15.1. The molecule has 25 heavy (non-hydrogen) atoms. The number of hydrogen-bond donors (Lipinski definition) is 0. The molecule has 3 fully saturated rings. The Labute approximate surface area is 148 Å². The highest BCUT2D eigenvalue weighted by Gasteiger charge is 2.58. The molecule has 5 atom stereocenters. The summed E-state index contributed by atoms with van der Waals surface area (Å²) in [6.07, 6.45) is -1.52. The molecule has 3 aliphatic heterocycles. The van der Waals surface area contributed by atoms with Gasteiger partial charge in [0.25, 0.3) is 0 Å². The fourth-order valence-electron chi connectivity index (χ4n) is 3.64. The van der Waals surface area contributed by atoms with Crippen LogP contribution < -0.4 is 0 Å². The molecule has 6 heteroatoms. The van der Waals surface area contributed by atoms with E-state index < -0.39 is 17.9 Å². The fraction of sp³-hybridized carbons (Fsp3) is 0.684. The molecule has 3 heterocycles. The van der Waals surface area contributed by atoms with Gasteiger partial charge in [0.1, 0.15) is 24.4 Å². The van der Waals surface area contributed by atoms with E-state index in [1.54, 1.807) is 0 Å². The molecule has 5 unspecified atom stereocenters. The van der Waals surface area contributed by atoms with Crippen molar-refractivity contribution in [3.63, 3.8) is 0 Å². The number of rotatable bonds is 4. The third-order valence-electron chi connectivity index (χ3n) is 4.71.